The fourth-order valence-corrected chi connectivity index (χ4v) is 1.73. The normalized spacial score (nSPS) is 10.3. The average molecular weight is 277 g/mol. The van der Waals surface area contributed by atoms with Gasteiger partial charge in [-0.2, -0.15) is 0 Å². The van der Waals surface area contributed by atoms with E-state index >= 15 is 0 Å². The Morgan fingerprint density at radius 3 is 2.55 bits per heavy atom. The first kappa shape index (κ1) is 13.8. The van der Waals surface area contributed by atoms with Crippen molar-refractivity contribution in [2.75, 3.05) is 6.61 Å². The molecular weight excluding hydrogens is 265 g/mol. The van der Waals surface area contributed by atoms with Gasteiger partial charge in [0, 0.05) is 11.9 Å². The minimum absolute atomic E-state index is 0.0865. The number of pyridine rings is 1. The molecule has 1 heterocycles. The van der Waals surface area contributed by atoms with E-state index in [0.29, 0.717) is 5.69 Å². The second-order valence-corrected chi connectivity index (χ2v) is 3.95. The number of hydrogen-bond donors (Lipinski definition) is 1. The van der Waals surface area contributed by atoms with Crippen LogP contribution in [0.4, 0.5) is 4.39 Å². The number of nitrogens with zero attached hydrogens (tertiary/aromatic N) is 1. The second-order valence-electron chi connectivity index (χ2n) is 3.95. The first-order valence-electron chi connectivity index (χ1n) is 5.92. The molecule has 0 amide bonds. The van der Waals surface area contributed by atoms with Crippen LogP contribution in [0.15, 0.2) is 41.3 Å². The second kappa shape index (κ2) is 5.56. The number of hydrogen-bond acceptors (Lipinski definition) is 4. The maximum Gasteiger partial charge on any atom is 0.347 e. The van der Waals surface area contributed by atoms with Crippen molar-refractivity contribution in [2.45, 2.75) is 6.92 Å². The van der Waals surface area contributed by atoms with Crippen LogP contribution in [-0.4, -0.2) is 22.2 Å². The van der Waals surface area contributed by atoms with Crippen LogP contribution in [0.25, 0.3) is 5.69 Å². The molecule has 2 rings (SSSR count). The summed E-state index contributed by atoms with van der Waals surface area (Å²) in [6, 6.07) is 6.37. The Morgan fingerprint density at radius 1 is 1.30 bits per heavy atom. The summed E-state index contributed by atoms with van der Waals surface area (Å²) in [5.41, 5.74) is -0.796. The van der Waals surface area contributed by atoms with Gasteiger partial charge < -0.3 is 9.84 Å². The van der Waals surface area contributed by atoms with Crippen molar-refractivity contribution in [3.05, 3.63) is 58.3 Å². The number of esters is 1. The molecule has 0 aliphatic heterocycles. The molecule has 1 N–H and O–H groups in total. The molecule has 0 spiro atoms. The Balaban J connectivity index is 2.57. The summed E-state index contributed by atoms with van der Waals surface area (Å²) in [5.74, 6) is -1.79. The number of halogens is 1. The summed E-state index contributed by atoms with van der Waals surface area (Å²) in [4.78, 5) is 23.9. The smallest absolute Gasteiger partial charge is 0.347 e. The van der Waals surface area contributed by atoms with E-state index in [1.165, 1.54) is 36.5 Å². The van der Waals surface area contributed by atoms with Gasteiger partial charge in [0.25, 0.3) is 5.56 Å². The number of benzene rings is 1. The highest BCUT2D eigenvalue weighted by Crippen LogP contribution is 2.15. The van der Waals surface area contributed by atoms with Crippen LogP contribution in [0, 0.1) is 5.82 Å². The minimum atomic E-state index is -0.897. The zero-order valence-electron chi connectivity index (χ0n) is 10.7. The molecule has 1 aromatic carbocycles. The molecule has 5 nitrogen and oxygen atoms in total. The quantitative estimate of drug-likeness (QED) is 0.869. The molecule has 20 heavy (non-hydrogen) atoms. The maximum absolute atomic E-state index is 12.9. The van der Waals surface area contributed by atoms with Crippen LogP contribution in [-0.2, 0) is 4.74 Å². The van der Waals surface area contributed by atoms with Crippen molar-refractivity contribution in [1.82, 2.24) is 4.57 Å². The first-order valence-corrected chi connectivity index (χ1v) is 5.92. The molecular formula is C14H12FNO4. The predicted molar refractivity (Wildman–Crippen MR) is 69.6 cm³/mol. The molecule has 0 bridgehead atoms. The van der Waals surface area contributed by atoms with Crippen molar-refractivity contribution >= 4 is 5.97 Å². The maximum atomic E-state index is 12.9. The van der Waals surface area contributed by atoms with Gasteiger partial charge in [-0.15, -0.1) is 0 Å². The van der Waals surface area contributed by atoms with Crippen LogP contribution in [0.3, 0.4) is 0 Å². The predicted octanol–water partition coefficient (Wildman–Crippen LogP) is 1.86. The van der Waals surface area contributed by atoms with Gasteiger partial charge in [0.2, 0.25) is 0 Å². The van der Waals surface area contributed by atoms with Gasteiger partial charge in [-0.1, -0.05) is 0 Å². The summed E-state index contributed by atoms with van der Waals surface area (Å²) < 4.78 is 18.7. The Labute approximate surface area is 113 Å². The van der Waals surface area contributed by atoms with E-state index in [4.69, 9.17) is 4.74 Å². The van der Waals surface area contributed by atoms with E-state index in [1.807, 2.05) is 0 Å². The number of aromatic hydroxyl groups is 1. The van der Waals surface area contributed by atoms with Gasteiger partial charge in [0.15, 0.2) is 5.56 Å². The van der Waals surface area contributed by atoms with Gasteiger partial charge in [-0.05, 0) is 37.3 Å². The summed E-state index contributed by atoms with van der Waals surface area (Å²) in [5, 5.41) is 9.63. The van der Waals surface area contributed by atoms with Crippen LogP contribution in [0.5, 0.6) is 5.75 Å². The number of carbonyl (C=O) groups excluding carboxylic acids is 1. The highest BCUT2D eigenvalue weighted by Gasteiger charge is 2.19. The fraction of sp³-hybridized carbons (Fsp3) is 0.143. The van der Waals surface area contributed by atoms with Crippen LogP contribution in [0.2, 0.25) is 0 Å². The standard InChI is InChI=1S/C14H12FNO4/c1-2-20-14(19)12-11(17)7-8-16(13(12)18)10-5-3-9(15)4-6-10/h3-8,17H,2H2,1H3. The molecule has 0 fully saturated rings. The largest absolute Gasteiger partial charge is 0.507 e. The molecule has 0 aliphatic rings. The Hall–Kier alpha value is -2.63. The van der Waals surface area contributed by atoms with Crippen LogP contribution >= 0.6 is 0 Å². The van der Waals surface area contributed by atoms with E-state index in [9.17, 15) is 19.1 Å². The van der Waals surface area contributed by atoms with Crippen molar-refractivity contribution < 1.29 is 19.0 Å². The highest BCUT2D eigenvalue weighted by molar-refractivity contribution is 5.92. The topological polar surface area (TPSA) is 68.5 Å². The summed E-state index contributed by atoms with van der Waals surface area (Å²) >= 11 is 0. The minimum Gasteiger partial charge on any atom is -0.507 e. The number of ether oxygens (including phenoxy) is 1. The lowest BCUT2D eigenvalue weighted by molar-refractivity contribution is 0.0520. The van der Waals surface area contributed by atoms with Crippen molar-refractivity contribution in [3.63, 3.8) is 0 Å². The monoisotopic (exact) mass is 277 g/mol. The SMILES string of the molecule is CCOC(=O)c1c(O)ccn(-c2ccc(F)cc2)c1=O. The third kappa shape index (κ3) is 2.54. The van der Waals surface area contributed by atoms with E-state index in [2.05, 4.69) is 0 Å². The Bertz CT molecular complexity index is 691. The Morgan fingerprint density at radius 2 is 1.95 bits per heavy atom. The number of rotatable bonds is 3. The van der Waals surface area contributed by atoms with Crippen molar-refractivity contribution in [2.24, 2.45) is 0 Å². The molecule has 6 heteroatoms. The van der Waals surface area contributed by atoms with E-state index in [0.717, 1.165) is 4.57 Å². The zero-order chi connectivity index (χ0) is 14.7. The lowest BCUT2D eigenvalue weighted by Gasteiger charge is -2.09. The lowest BCUT2D eigenvalue weighted by Crippen LogP contribution is -2.26. The molecule has 0 aliphatic carbocycles. The number of aromatic nitrogens is 1. The Kier molecular flexibility index (Phi) is 3.84. The molecule has 0 saturated heterocycles. The average Bonchev–Trinajstić information content (AvgIpc) is 2.41. The molecule has 0 atom stereocenters. The molecule has 0 radical (unpaired) electrons. The summed E-state index contributed by atoms with van der Waals surface area (Å²) in [6.07, 6.45) is 1.30. The van der Waals surface area contributed by atoms with Crippen LogP contribution in [0.1, 0.15) is 17.3 Å². The van der Waals surface area contributed by atoms with Crippen molar-refractivity contribution in [3.8, 4) is 11.4 Å². The molecule has 0 unspecified atom stereocenters. The van der Waals surface area contributed by atoms with E-state index in [1.54, 1.807) is 6.92 Å². The molecule has 2 aromatic rings. The van der Waals surface area contributed by atoms with Gasteiger partial charge >= 0.3 is 5.97 Å². The third-order valence-electron chi connectivity index (χ3n) is 2.65. The first-order chi connectivity index (χ1) is 9.54. The summed E-state index contributed by atoms with van der Waals surface area (Å²) in [7, 11) is 0. The lowest BCUT2D eigenvalue weighted by atomic mass is 10.2. The van der Waals surface area contributed by atoms with Gasteiger partial charge in [-0.3, -0.25) is 9.36 Å². The third-order valence-corrected chi connectivity index (χ3v) is 2.65. The summed E-state index contributed by atoms with van der Waals surface area (Å²) in [6.45, 7) is 1.68. The zero-order valence-corrected chi connectivity index (χ0v) is 10.7. The van der Waals surface area contributed by atoms with Gasteiger partial charge in [0.1, 0.15) is 11.6 Å². The fourth-order valence-electron chi connectivity index (χ4n) is 1.73. The van der Waals surface area contributed by atoms with E-state index < -0.39 is 28.7 Å². The molecule has 104 valence electrons. The van der Waals surface area contributed by atoms with Crippen molar-refractivity contribution in [1.29, 1.82) is 0 Å². The van der Waals surface area contributed by atoms with Gasteiger partial charge in [0.05, 0.1) is 6.61 Å². The number of carbonyl (C=O) groups is 1. The molecule has 1 aromatic heterocycles. The van der Waals surface area contributed by atoms with E-state index in [-0.39, 0.29) is 6.61 Å². The van der Waals surface area contributed by atoms with Crippen LogP contribution < -0.4 is 5.56 Å². The molecule has 0 saturated carbocycles. The highest BCUT2D eigenvalue weighted by atomic mass is 19.1. The van der Waals surface area contributed by atoms with Gasteiger partial charge in [-0.25, -0.2) is 9.18 Å².